The number of aliphatic hydroxyl groups excluding tert-OH is 1. The number of furan rings is 1. The van der Waals surface area contributed by atoms with Crippen LogP contribution in [0.2, 0.25) is 0 Å². The molecule has 4 rings (SSSR count). The van der Waals surface area contributed by atoms with E-state index >= 15 is 0 Å². The van der Waals surface area contributed by atoms with E-state index in [9.17, 15) is 19.5 Å². The Morgan fingerprint density at radius 1 is 1.07 bits per heavy atom. The van der Waals surface area contributed by atoms with Gasteiger partial charge in [-0.3, -0.25) is 5.43 Å². The van der Waals surface area contributed by atoms with Crippen LogP contribution in [0.4, 0.5) is 4.79 Å². The number of methoxy groups -OCH3 is 1. The highest BCUT2D eigenvalue weighted by atomic mass is 16.5. The molecular weight excluding hydrogens is 572 g/mol. The summed E-state index contributed by atoms with van der Waals surface area (Å²) in [6.07, 6.45) is 0.209. The van der Waals surface area contributed by atoms with Gasteiger partial charge in [0, 0.05) is 11.3 Å². The Bertz CT molecular complexity index is 1560. The van der Waals surface area contributed by atoms with Crippen molar-refractivity contribution in [2.24, 2.45) is 5.10 Å². The van der Waals surface area contributed by atoms with E-state index in [2.05, 4.69) is 21.2 Å². The number of nitrogens with zero attached hydrogens (tertiary/aromatic N) is 1. The predicted octanol–water partition coefficient (Wildman–Crippen LogP) is 3.64. The lowest BCUT2D eigenvalue weighted by atomic mass is 9.95. The van der Waals surface area contributed by atoms with E-state index in [1.54, 1.807) is 69.3 Å². The molecule has 1 aromatic heterocycles. The Morgan fingerprint density at radius 2 is 1.89 bits per heavy atom. The van der Waals surface area contributed by atoms with Crippen molar-refractivity contribution in [2.45, 2.75) is 33.0 Å². The standard InChI is InChI=1S/C31H34N4O9/c1-5-41-25-15-20(28-27(30(38)40-4)18(3)33-31(39)34-28)10-12-24(25)43-17-26(36)35-32-16-22-11-13-23(44-22)19-8-7-9-21(14-19)29(37)42-6-2/h7-16,26,28,35-36H,5-6,17H2,1-4H3,(H2,33,34,39)/b32-16+/t26-,28+/m1/s1. The third-order valence-electron chi connectivity index (χ3n) is 6.37. The number of hydrogen-bond donors (Lipinski definition) is 4. The summed E-state index contributed by atoms with van der Waals surface area (Å²) in [6, 6.07) is 14.1. The van der Waals surface area contributed by atoms with Crippen LogP contribution in [-0.2, 0) is 14.3 Å². The van der Waals surface area contributed by atoms with Crippen LogP contribution in [0.5, 0.6) is 11.5 Å². The average molecular weight is 607 g/mol. The molecule has 13 nitrogen and oxygen atoms in total. The molecule has 3 aromatic rings. The van der Waals surface area contributed by atoms with Crippen molar-refractivity contribution < 1.29 is 42.9 Å². The van der Waals surface area contributed by atoms with Gasteiger partial charge in [-0.05, 0) is 62.7 Å². The Hall–Kier alpha value is -5.30. The molecule has 44 heavy (non-hydrogen) atoms. The first-order chi connectivity index (χ1) is 21.2. The number of ether oxygens (including phenoxy) is 4. The Balaban J connectivity index is 1.38. The van der Waals surface area contributed by atoms with Crippen molar-refractivity contribution in [3.63, 3.8) is 0 Å². The highest BCUT2D eigenvalue weighted by Crippen LogP contribution is 2.35. The largest absolute Gasteiger partial charge is 0.490 e. The number of amides is 2. The summed E-state index contributed by atoms with van der Waals surface area (Å²) < 4.78 is 27.2. The van der Waals surface area contributed by atoms with Gasteiger partial charge in [-0.15, -0.1) is 0 Å². The molecule has 2 aromatic carbocycles. The van der Waals surface area contributed by atoms with Gasteiger partial charge in [-0.25, -0.2) is 14.4 Å². The Labute approximate surface area is 253 Å². The van der Waals surface area contributed by atoms with E-state index in [0.717, 1.165) is 0 Å². The minimum Gasteiger partial charge on any atom is -0.490 e. The second-order valence-electron chi connectivity index (χ2n) is 9.42. The molecule has 0 spiro atoms. The SMILES string of the molecule is CCOC(=O)c1cccc(-c2ccc(/C=N/N[C@H](O)COc3ccc([C@@H]4NC(=O)NC(C)=C4C(=O)OC)cc3OCC)o2)c1. The maximum absolute atomic E-state index is 12.4. The summed E-state index contributed by atoms with van der Waals surface area (Å²) in [6.45, 7) is 5.58. The van der Waals surface area contributed by atoms with Crippen LogP contribution in [0, 0.1) is 0 Å². The molecule has 4 N–H and O–H groups in total. The highest BCUT2D eigenvalue weighted by molar-refractivity contribution is 5.95. The van der Waals surface area contributed by atoms with Crippen molar-refractivity contribution >= 4 is 24.2 Å². The van der Waals surface area contributed by atoms with E-state index in [-0.39, 0.29) is 18.8 Å². The third-order valence-corrected chi connectivity index (χ3v) is 6.37. The fourth-order valence-corrected chi connectivity index (χ4v) is 4.40. The average Bonchev–Trinajstić information content (AvgIpc) is 3.49. The fourth-order valence-electron chi connectivity index (χ4n) is 4.40. The first kappa shape index (κ1) is 31.6. The number of urea groups is 1. The van der Waals surface area contributed by atoms with Crippen LogP contribution >= 0.6 is 0 Å². The monoisotopic (exact) mass is 606 g/mol. The van der Waals surface area contributed by atoms with Crippen molar-refractivity contribution in [2.75, 3.05) is 26.9 Å². The van der Waals surface area contributed by atoms with E-state index < -0.39 is 30.2 Å². The molecule has 13 heteroatoms. The van der Waals surface area contributed by atoms with Gasteiger partial charge in [0.1, 0.15) is 18.1 Å². The molecule has 2 amide bonds. The van der Waals surface area contributed by atoms with Crippen LogP contribution in [0.15, 0.2) is 75.4 Å². The number of rotatable bonds is 13. The van der Waals surface area contributed by atoms with Gasteiger partial charge in [0.2, 0.25) is 0 Å². The van der Waals surface area contributed by atoms with Crippen molar-refractivity contribution in [3.8, 4) is 22.8 Å². The molecule has 0 unspecified atom stereocenters. The summed E-state index contributed by atoms with van der Waals surface area (Å²) >= 11 is 0. The zero-order valence-corrected chi connectivity index (χ0v) is 24.7. The van der Waals surface area contributed by atoms with Crippen LogP contribution in [0.1, 0.15) is 48.5 Å². The zero-order chi connectivity index (χ0) is 31.6. The van der Waals surface area contributed by atoms with Gasteiger partial charge in [0.05, 0.1) is 43.7 Å². The lowest BCUT2D eigenvalue weighted by Crippen LogP contribution is -2.45. The third kappa shape index (κ3) is 7.75. The summed E-state index contributed by atoms with van der Waals surface area (Å²) in [7, 11) is 1.27. The molecule has 2 atom stereocenters. The van der Waals surface area contributed by atoms with Gasteiger partial charge in [0.15, 0.2) is 17.7 Å². The number of hydrogen-bond acceptors (Lipinski definition) is 11. The summed E-state index contributed by atoms with van der Waals surface area (Å²) in [5.74, 6) is 0.635. The van der Waals surface area contributed by atoms with Crippen molar-refractivity contribution in [1.82, 2.24) is 16.1 Å². The smallest absolute Gasteiger partial charge is 0.338 e. The molecule has 1 aliphatic rings. The van der Waals surface area contributed by atoms with Crippen LogP contribution in [-0.4, -0.2) is 62.4 Å². The minimum absolute atomic E-state index is 0.183. The first-order valence-electron chi connectivity index (χ1n) is 13.8. The van der Waals surface area contributed by atoms with Crippen LogP contribution < -0.4 is 25.5 Å². The number of esters is 2. The molecule has 2 heterocycles. The zero-order valence-electron chi connectivity index (χ0n) is 24.7. The van der Waals surface area contributed by atoms with Gasteiger partial charge in [-0.2, -0.15) is 5.10 Å². The molecule has 0 saturated heterocycles. The molecule has 0 radical (unpaired) electrons. The second kappa shape index (κ2) is 14.7. The number of carbonyl (C=O) groups excluding carboxylic acids is 3. The molecule has 0 bridgehead atoms. The van der Waals surface area contributed by atoms with Gasteiger partial charge < -0.3 is 39.1 Å². The normalized spacial score (nSPS) is 15.3. The molecule has 232 valence electrons. The van der Waals surface area contributed by atoms with Gasteiger partial charge in [-0.1, -0.05) is 18.2 Å². The number of benzene rings is 2. The van der Waals surface area contributed by atoms with Gasteiger partial charge >= 0.3 is 18.0 Å². The number of aliphatic hydroxyl groups is 1. The highest BCUT2D eigenvalue weighted by Gasteiger charge is 2.32. The van der Waals surface area contributed by atoms with Crippen molar-refractivity contribution in [3.05, 3.63) is 82.8 Å². The Morgan fingerprint density at radius 3 is 2.64 bits per heavy atom. The Kier molecular flexibility index (Phi) is 10.6. The molecule has 0 fully saturated rings. The topological polar surface area (TPSA) is 170 Å². The van der Waals surface area contributed by atoms with E-state index in [0.29, 0.717) is 52.0 Å². The summed E-state index contributed by atoms with van der Waals surface area (Å²) in [5.41, 5.74) is 4.89. The van der Waals surface area contributed by atoms with E-state index in [1.165, 1.54) is 13.3 Å². The minimum atomic E-state index is -1.18. The van der Waals surface area contributed by atoms with E-state index in [1.807, 2.05) is 6.07 Å². The molecule has 0 saturated carbocycles. The summed E-state index contributed by atoms with van der Waals surface area (Å²) in [4.78, 5) is 36.6. The van der Waals surface area contributed by atoms with Crippen LogP contribution in [0.3, 0.4) is 0 Å². The second-order valence-corrected chi connectivity index (χ2v) is 9.42. The number of carbonyl (C=O) groups is 3. The number of allylic oxidation sites excluding steroid dienone is 1. The molecular formula is C31H34N4O9. The lowest BCUT2D eigenvalue weighted by Gasteiger charge is -2.28. The van der Waals surface area contributed by atoms with Crippen LogP contribution in [0.25, 0.3) is 11.3 Å². The molecule has 0 aliphatic carbocycles. The van der Waals surface area contributed by atoms with E-state index in [4.69, 9.17) is 23.4 Å². The predicted molar refractivity (Wildman–Crippen MR) is 159 cm³/mol. The number of nitrogens with one attached hydrogen (secondary N) is 3. The lowest BCUT2D eigenvalue weighted by molar-refractivity contribution is -0.136. The first-order valence-corrected chi connectivity index (χ1v) is 13.8. The quantitative estimate of drug-likeness (QED) is 0.0975. The molecule has 1 aliphatic heterocycles. The fraction of sp³-hybridized carbons (Fsp3) is 0.290. The maximum atomic E-state index is 12.4. The van der Waals surface area contributed by atoms with Gasteiger partial charge in [0.25, 0.3) is 0 Å². The summed E-state index contributed by atoms with van der Waals surface area (Å²) in [5, 5.41) is 19.7. The maximum Gasteiger partial charge on any atom is 0.338 e. The van der Waals surface area contributed by atoms with Crippen molar-refractivity contribution in [1.29, 1.82) is 0 Å². The number of hydrazone groups is 1.